The van der Waals surface area contributed by atoms with Crippen molar-refractivity contribution in [1.82, 2.24) is 5.32 Å². The van der Waals surface area contributed by atoms with E-state index in [-0.39, 0.29) is 40.1 Å². The summed E-state index contributed by atoms with van der Waals surface area (Å²) in [7, 11) is 0. The molecule has 0 fully saturated rings. The Morgan fingerprint density at radius 2 is 1.82 bits per heavy atom. The standard InChI is InChI=1S/C8H19N.CH3.Y/c1-4-6-7-9-8(3)5-2;;/h8-9H,4-7H2,1-3H3;1H3;/q;-1;. The molecule has 1 atom stereocenters. The van der Waals surface area contributed by atoms with Crippen molar-refractivity contribution in [2.45, 2.75) is 46.1 Å². The molecular formula is C9H22NY-. The van der Waals surface area contributed by atoms with Crippen LogP contribution in [0.1, 0.15) is 40.0 Å². The van der Waals surface area contributed by atoms with Crippen LogP contribution in [0.4, 0.5) is 0 Å². The predicted molar refractivity (Wildman–Crippen MR) is 49.1 cm³/mol. The average Bonchev–Trinajstić information content (AvgIpc) is 1.89. The van der Waals surface area contributed by atoms with Crippen molar-refractivity contribution >= 4 is 0 Å². The van der Waals surface area contributed by atoms with Crippen LogP contribution >= 0.6 is 0 Å². The van der Waals surface area contributed by atoms with E-state index < -0.39 is 0 Å². The molecule has 0 aromatic heterocycles. The van der Waals surface area contributed by atoms with Crippen LogP contribution in [-0.4, -0.2) is 12.6 Å². The van der Waals surface area contributed by atoms with Crippen LogP contribution in [0.15, 0.2) is 0 Å². The first-order chi connectivity index (χ1) is 4.31. The van der Waals surface area contributed by atoms with Crippen LogP contribution < -0.4 is 5.32 Å². The van der Waals surface area contributed by atoms with Crippen molar-refractivity contribution in [3.63, 3.8) is 0 Å². The van der Waals surface area contributed by atoms with E-state index in [1.807, 2.05) is 0 Å². The molecule has 0 heterocycles. The fraction of sp³-hybridized carbons (Fsp3) is 0.889. The summed E-state index contributed by atoms with van der Waals surface area (Å²) < 4.78 is 0. The zero-order valence-corrected chi connectivity index (χ0v) is 11.3. The van der Waals surface area contributed by atoms with Gasteiger partial charge in [0.15, 0.2) is 0 Å². The molecule has 11 heavy (non-hydrogen) atoms. The van der Waals surface area contributed by atoms with Gasteiger partial charge in [-0.25, -0.2) is 0 Å². The number of unbranched alkanes of at least 4 members (excludes halogenated alkanes) is 1. The average molecular weight is 233 g/mol. The summed E-state index contributed by atoms with van der Waals surface area (Å²) in [4.78, 5) is 0. The van der Waals surface area contributed by atoms with Crippen molar-refractivity contribution in [2.75, 3.05) is 6.54 Å². The molecule has 0 spiro atoms. The van der Waals surface area contributed by atoms with E-state index in [1.165, 1.54) is 25.8 Å². The molecule has 1 nitrogen and oxygen atoms in total. The second-order valence-corrected chi connectivity index (χ2v) is 2.62. The van der Waals surface area contributed by atoms with E-state index in [0.29, 0.717) is 6.04 Å². The Morgan fingerprint density at radius 1 is 1.27 bits per heavy atom. The predicted octanol–water partition coefficient (Wildman–Crippen LogP) is 2.62. The van der Waals surface area contributed by atoms with Crippen molar-refractivity contribution < 1.29 is 32.7 Å². The quantitative estimate of drug-likeness (QED) is 0.568. The summed E-state index contributed by atoms with van der Waals surface area (Å²) in [6.45, 7) is 7.85. The van der Waals surface area contributed by atoms with Crippen LogP contribution in [0.3, 0.4) is 0 Å². The Kier molecular flexibility index (Phi) is 22.3. The number of hydrogen-bond donors (Lipinski definition) is 1. The monoisotopic (exact) mass is 233 g/mol. The van der Waals surface area contributed by atoms with Crippen LogP contribution in [-0.2, 0) is 32.7 Å². The summed E-state index contributed by atoms with van der Waals surface area (Å²) in [5, 5.41) is 3.43. The van der Waals surface area contributed by atoms with Gasteiger partial charge in [0.1, 0.15) is 0 Å². The van der Waals surface area contributed by atoms with Crippen molar-refractivity contribution in [2.24, 2.45) is 0 Å². The maximum Gasteiger partial charge on any atom is 0.00360 e. The van der Waals surface area contributed by atoms with E-state index in [4.69, 9.17) is 0 Å². The summed E-state index contributed by atoms with van der Waals surface area (Å²) in [6, 6.07) is 0.705. The van der Waals surface area contributed by atoms with E-state index in [0.717, 1.165) is 0 Å². The molecule has 0 aliphatic heterocycles. The topological polar surface area (TPSA) is 12.0 Å². The molecule has 0 saturated carbocycles. The molecule has 0 amide bonds. The Labute approximate surface area is 97.6 Å². The van der Waals surface area contributed by atoms with Gasteiger partial charge in [0.2, 0.25) is 0 Å². The minimum absolute atomic E-state index is 0. The minimum Gasteiger partial charge on any atom is -0.358 e. The molecule has 0 saturated heterocycles. The zero-order chi connectivity index (χ0) is 7.11. The van der Waals surface area contributed by atoms with Crippen LogP contribution in [0.25, 0.3) is 0 Å². The smallest absolute Gasteiger partial charge is 0.00360 e. The van der Waals surface area contributed by atoms with Crippen LogP contribution in [0.5, 0.6) is 0 Å². The summed E-state index contributed by atoms with van der Waals surface area (Å²) in [6.07, 6.45) is 3.84. The van der Waals surface area contributed by atoms with Gasteiger partial charge in [-0.3, -0.25) is 0 Å². The Hall–Kier alpha value is 1.06. The minimum atomic E-state index is 0. The van der Waals surface area contributed by atoms with E-state index in [9.17, 15) is 0 Å². The number of hydrogen-bond acceptors (Lipinski definition) is 1. The molecule has 67 valence electrons. The van der Waals surface area contributed by atoms with Gasteiger partial charge < -0.3 is 12.7 Å². The van der Waals surface area contributed by atoms with Gasteiger partial charge in [0, 0.05) is 38.8 Å². The fourth-order valence-corrected chi connectivity index (χ4v) is 0.670. The second-order valence-electron chi connectivity index (χ2n) is 2.62. The molecular weight excluding hydrogens is 211 g/mol. The molecule has 0 rings (SSSR count). The van der Waals surface area contributed by atoms with Crippen molar-refractivity contribution in [3.05, 3.63) is 7.43 Å². The van der Waals surface area contributed by atoms with Crippen molar-refractivity contribution in [1.29, 1.82) is 0 Å². The largest absolute Gasteiger partial charge is 0.358 e. The summed E-state index contributed by atoms with van der Waals surface area (Å²) in [5.74, 6) is 0. The Balaban J connectivity index is -0.000000320. The van der Waals surface area contributed by atoms with Crippen LogP contribution in [0, 0.1) is 7.43 Å². The van der Waals surface area contributed by atoms with Crippen molar-refractivity contribution in [3.8, 4) is 0 Å². The molecule has 0 aliphatic rings. The zero-order valence-electron chi connectivity index (χ0n) is 8.48. The third-order valence-electron chi connectivity index (χ3n) is 1.64. The molecule has 1 radical (unpaired) electrons. The van der Waals surface area contributed by atoms with Crippen LogP contribution in [0.2, 0.25) is 0 Å². The van der Waals surface area contributed by atoms with Gasteiger partial charge in [-0.2, -0.15) is 0 Å². The third-order valence-corrected chi connectivity index (χ3v) is 1.64. The molecule has 0 aromatic carbocycles. The summed E-state index contributed by atoms with van der Waals surface area (Å²) >= 11 is 0. The maximum atomic E-state index is 3.43. The van der Waals surface area contributed by atoms with Gasteiger partial charge in [-0.15, -0.1) is 0 Å². The Morgan fingerprint density at radius 3 is 2.18 bits per heavy atom. The second kappa shape index (κ2) is 13.6. The first kappa shape index (κ1) is 18.0. The van der Waals surface area contributed by atoms with Gasteiger partial charge in [-0.05, 0) is 26.3 Å². The van der Waals surface area contributed by atoms with Gasteiger partial charge in [0.05, 0.1) is 0 Å². The first-order valence-electron chi connectivity index (χ1n) is 4.04. The maximum absolute atomic E-state index is 3.43. The number of nitrogens with one attached hydrogen (secondary N) is 1. The number of rotatable bonds is 5. The third kappa shape index (κ3) is 14.0. The molecule has 0 aliphatic carbocycles. The molecule has 1 N–H and O–H groups in total. The van der Waals surface area contributed by atoms with Gasteiger partial charge in [-0.1, -0.05) is 20.3 Å². The summed E-state index contributed by atoms with van der Waals surface area (Å²) in [5.41, 5.74) is 0. The van der Waals surface area contributed by atoms with Gasteiger partial charge >= 0.3 is 0 Å². The van der Waals surface area contributed by atoms with E-state index >= 15 is 0 Å². The van der Waals surface area contributed by atoms with E-state index in [1.54, 1.807) is 0 Å². The molecule has 0 bridgehead atoms. The normalized spacial score (nSPS) is 11.2. The molecule has 2 heteroatoms. The molecule has 1 unspecified atom stereocenters. The van der Waals surface area contributed by atoms with E-state index in [2.05, 4.69) is 26.1 Å². The molecule has 0 aromatic rings. The first-order valence-corrected chi connectivity index (χ1v) is 4.04. The fourth-order valence-electron chi connectivity index (χ4n) is 0.670. The Bertz CT molecular complexity index is 57.5. The van der Waals surface area contributed by atoms with Gasteiger partial charge in [0.25, 0.3) is 0 Å². The SMILES string of the molecule is CCCCNC(C)CC.[CH3-].[Y].